The smallest absolute Gasteiger partial charge is 0.376 e. The van der Waals surface area contributed by atoms with E-state index in [1.807, 2.05) is 57.2 Å². The van der Waals surface area contributed by atoms with Crippen molar-refractivity contribution in [2.45, 2.75) is 52.2 Å². The number of hydrogen-bond acceptors (Lipinski definition) is 7. The zero-order chi connectivity index (χ0) is 27.4. The van der Waals surface area contributed by atoms with Crippen molar-refractivity contribution in [1.29, 1.82) is 0 Å². The molecule has 204 valence electrons. The first-order valence-corrected chi connectivity index (χ1v) is 12.9. The average Bonchev–Trinajstić information content (AvgIpc) is 3.28. The normalized spacial score (nSPS) is 18.3. The lowest BCUT2D eigenvalue weighted by atomic mass is 9.93. The van der Waals surface area contributed by atoms with E-state index in [-0.39, 0.29) is 29.1 Å². The number of fused-ring (bicyclic) bond motifs is 1. The van der Waals surface area contributed by atoms with Crippen LogP contribution in [0, 0.1) is 0 Å². The number of nitrogens with one attached hydrogen (secondary N) is 2. The number of methoxy groups -OCH3 is 1. The highest BCUT2D eigenvalue weighted by Gasteiger charge is 2.27. The van der Waals surface area contributed by atoms with Crippen molar-refractivity contribution in [2.24, 2.45) is 0 Å². The molecule has 9 heteroatoms. The van der Waals surface area contributed by atoms with Gasteiger partial charge in [0.2, 0.25) is 5.76 Å². The number of benzene rings is 2. The van der Waals surface area contributed by atoms with Crippen LogP contribution >= 0.6 is 0 Å². The summed E-state index contributed by atoms with van der Waals surface area (Å²) in [6, 6.07) is 12.6. The highest BCUT2D eigenvalue weighted by atomic mass is 16.5. The molecule has 1 aliphatic rings. The SMILES string of the molecule is COC(=O)c1oc(C(C)(C)C)cc1NC(=O)Nc1ccc(OCCN2C[C@@H](C)O[C@H](C)C2)c2ccccc12. The van der Waals surface area contributed by atoms with E-state index in [1.54, 1.807) is 6.07 Å². The van der Waals surface area contributed by atoms with Crippen LogP contribution < -0.4 is 15.4 Å². The predicted octanol–water partition coefficient (Wildman–Crippen LogP) is 5.65. The zero-order valence-electron chi connectivity index (χ0n) is 22.9. The van der Waals surface area contributed by atoms with Crippen molar-refractivity contribution in [3.63, 3.8) is 0 Å². The third kappa shape index (κ3) is 6.46. The molecule has 2 amide bonds. The standard InChI is InChI=1S/C29H37N3O6/c1-18-16-32(17-19(2)37-18)13-14-36-24-12-11-22(20-9-7-8-10-21(20)24)30-28(34)31-23-15-25(29(3,4)5)38-26(23)27(33)35-6/h7-12,15,18-19H,13-14,16-17H2,1-6H3,(H2,30,31,34)/t18-,19-/m1/s1. The first-order valence-electron chi connectivity index (χ1n) is 12.9. The molecule has 0 bridgehead atoms. The van der Waals surface area contributed by atoms with Crippen LogP contribution in [0.5, 0.6) is 5.75 Å². The maximum absolute atomic E-state index is 13.0. The molecule has 1 fully saturated rings. The van der Waals surface area contributed by atoms with Gasteiger partial charge in [-0.2, -0.15) is 0 Å². The van der Waals surface area contributed by atoms with Gasteiger partial charge in [0.1, 0.15) is 18.1 Å². The number of morpholine rings is 1. The first-order chi connectivity index (χ1) is 18.0. The van der Waals surface area contributed by atoms with Crippen molar-refractivity contribution >= 4 is 34.1 Å². The molecule has 0 radical (unpaired) electrons. The monoisotopic (exact) mass is 523 g/mol. The quantitative estimate of drug-likeness (QED) is 0.386. The molecule has 3 aromatic rings. The van der Waals surface area contributed by atoms with E-state index >= 15 is 0 Å². The van der Waals surface area contributed by atoms with Crippen LogP contribution in [0.25, 0.3) is 10.8 Å². The molecule has 0 aliphatic carbocycles. The Hall–Kier alpha value is -3.56. The number of furan rings is 1. The van der Waals surface area contributed by atoms with E-state index in [9.17, 15) is 9.59 Å². The third-order valence-electron chi connectivity index (χ3n) is 6.38. The molecule has 2 heterocycles. The maximum atomic E-state index is 13.0. The van der Waals surface area contributed by atoms with E-state index < -0.39 is 12.0 Å². The Balaban J connectivity index is 1.47. The molecule has 2 aromatic carbocycles. The second-order valence-corrected chi connectivity index (χ2v) is 10.7. The van der Waals surface area contributed by atoms with E-state index in [0.717, 1.165) is 36.2 Å². The summed E-state index contributed by atoms with van der Waals surface area (Å²) in [5.41, 5.74) is 0.499. The minimum absolute atomic E-state index is 0.0507. The fraction of sp³-hybridized carbons (Fsp3) is 0.448. The van der Waals surface area contributed by atoms with Crippen molar-refractivity contribution in [3.8, 4) is 5.75 Å². The van der Waals surface area contributed by atoms with Gasteiger partial charge in [0.05, 0.1) is 30.7 Å². The summed E-state index contributed by atoms with van der Waals surface area (Å²) < 4.78 is 22.5. The van der Waals surface area contributed by atoms with Crippen molar-refractivity contribution in [3.05, 3.63) is 54.0 Å². The van der Waals surface area contributed by atoms with Gasteiger partial charge in [-0.25, -0.2) is 9.59 Å². The summed E-state index contributed by atoms with van der Waals surface area (Å²) in [5, 5.41) is 7.35. The Bertz CT molecular complexity index is 1290. The van der Waals surface area contributed by atoms with Crippen molar-refractivity contribution in [2.75, 3.05) is 44.0 Å². The fourth-order valence-corrected chi connectivity index (χ4v) is 4.63. The van der Waals surface area contributed by atoms with Crippen LogP contribution in [0.4, 0.5) is 16.2 Å². The van der Waals surface area contributed by atoms with Gasteiger partial charge in [-0.1, -0.05) is 45.0 Å². The number of rotatable bonds is 7. The van der Waals surface area contributed by atoms with Gasteiger partial charge >= 0.3 is 12.0 Å². The summed E-state index contributed by atoms with van der Waals surface area (Å²) in [4.78, 5) is 27.6. The fourth-order valence-electron chi connectivity index (χ4n) is 4.63. The number of esters is 1. The van der Waals surface area contributed by atoms with Gasteiger partial charge in [0.25, 0.3) is 0 Å². The number of anilines is 2. The molecule has 9 nitrogen and oxygen atoms in total. The van der Waals surface area contributed by atoms with Crippen LogP contribution in [-0.2, 0) is 14.9 Å². The molecular weight excluding hydrogens is 486 g/mol. The second kappa shape index (κ2) is 11.4. The summed E-state index contributed by atoms with van der Waals surface area (Å²) >= 11 is 0. The van der Waals surface area contributed by atoms with Crippen LogP contribution in [0.3, 0.4) is 0 Å². The lowest BCUT2D eigenvalue weighted by Crippen LogP contribution is -2.46. The lowest BCUT2D eigenvalue weighted by Gasteiger charge is -2.35. The van der Waals surface area contributed by atoms with Crippen molar-refractivity contribution in [1.82, 2.24) is 4.90 Å². The van der Waals surface area contributed by atoms with Gasteiger partial charge < -0.3 is 29.3 Å². The Morgan fingerprint density at radius 2 is 1.66 bits per heavy atom. The number of urea groups is 1. The van der Waals surface area contributed by atoms with Crippen LogP contribution in [-0.4, -0.2) is 62.5 Å². The Morgan fingerprint density at radius 3 is 2.32 bits per heavy atom. The number of ether oxygens (including phenoxy) is 3. The Morgan fingerprint density at radius 1 is 1.00 bits per heavy atom. The van der Waals surface area contributed by atoms with Crippen LogP contribution in [0.15, 0.2) is 46.9 Å². The highest BCUT2D eigenvalue weighted by molar-refractivity contribution is 6.09. The van der Waals surface area contributed by atoms with E-state index in [4.69, 9.17) is 18.6 Å². The summed E-state index contributed by atoms with van der Waals surface area (Å²) in [6.45, 7) is 13.2. The van der Waals surface area contributed by atoms with Crippen molar-refractivity contribution < 1.29 is 28.2 Å². The topological polar surface area (TPSA) is 102 Å². The molecule has 0 spiro atoms. The summed E-state index contributed by atoms with van der Waals surface area (Å²) in [7, 11) is 1.27. The molecule has 0 saturated carbocycles. The molecule has 1 aliphatic heterocycles. The molecule has 2 N–H and O–H groups in total. The largest absolute Gasteiger partial charge is 0.492 e. The van der Waals surface area contributed by atoms with Crippen LogP contribution in [0.1, 0.15) is 50.9 Å². The molecule has 0 unspecified atom stereocenters. The second-order valence-electron chi connectivity index (χ2n) is 10.7. The maximum Gasteiger partial charge on any atom is 0.376 e. The molecule has 38 heavy (non-hydrogen) atoms. The highest BCUT2D eigenvalue weighted by Crippen LogP contribution is 2.33. The minimum atomic E-state index is -0.663. The van der Waals surface area contributed by atoms with Gasteiger partial charge in [0.15, 0.2) is 0 Å². The molecule has 4 rings (SSSR count). The number of carbonyl (C=O) groups excluding carboxylic acids is 2. The molecule has 1 saturated heterocycles. The molecule has 1 aromatic heterocycles. The number of amides is 2. The predicted molar refractivity (Wildman–Crippen MR) is 147 cm³/mol. The first kappa shape index (κ1) is 27.5. The van der Waals surface area contributed by atoms with E-state index in [0.29, 0.717) is 18.1 Å². The average molecular weight is 524 g/mol. The lowest BCUT2D eigenvalue weighted by molar-refractivity contribution is -0.0699. The zero-order valence-corrected chi connectivity index (χ0v) is 22.9. The van der Waals surface area contributed by atoms with Gasteiger partial charge in [0, 0.05) is 41.9 Å². The summed E-state index contributed by atoms with van der Waals surface area (Å²) in [6.07, 6.45) is 0.420. The Labute approximate surface area is 223 Å². The third-order valence-corrected chi connectivity index (χ3v) is 6.38. The van der Waals surface area contributed by atoms with Gasteiger partial charge in [-0.3, -0.25) is 4.90 Å². The Kier molecular flexibility index (Phi) is 8.28. The van der Waals surface area contributed by atoms with Crippen LogP contribution in [0.2, 0.25) is 0 Å². The van der Waals surface area contributed by atoms with Gasteiger partial charge in [-0.15, -0.1) is 0 Å². The number of hydrogen-bond donors (Lipinski definition) is 2. The van der Waals surface area contributed by atoms with Gasteiger partial charge in [-0.05, 0) is 26.0 Å². The summed E-state index contributed by atoms with van der Waals surface area (Å²) in [5.74, 6) is 0.591. The van der Waals surface area contributed by atoms with E-state index in [2.05, 4.69) is 29.4 Å². The molecular formula is C29H37N3O6. The minimum Gasteiger partial charge on any atom is -0.492 e. The number of carbonyl (C=O) groups is 2. The van der Waals surface area contributed by atoms with E-state index in [1.165, 1.54) is 7.11 Å². The number of nitrogens with zero attached hydrogens (tertiary/aromatic N) is 1. The molecule has 2 atom stereocenters.